The Kier molecular flexibility index (Phi) is 5.70. The normalized spacial score (nSPS) is 15.0. The van der Waals surface area contributed by atoms with E-state index >= 15 is 0 Å². The number of rotatable bonds is 4. The third kappa shape index (κ3) is 4.40. The Hall–Kier alpha value is -2.29. The summed E-state index contributed by atoms with van der Waals surface area (Å²) in [5, 5.41) is 5.43. The second-order valence-corrected chi connectivity index (χ2v) is 8.76. The number of anilines is 1. The fourth-order valence-electron chi connectivity index (χ4n) is 3.18. The van der Waals surface area contributed by atoms with E-state index < -0.39 is 0 Å². The predicted molar refractivity (Wildman–Crippen MR) is 112 cm³/mol. The first-order valence-corrected chi connectivity index (χ1v) is 10.8. The number of benzene rings is 1. The number of thiophene rings is 1. The van der Waals surface area contributed by atoms with E-state index in [4.69, 9.17) is 0 Å². The lowest BCUT2D eigenvalue weighted by atomic mass is 10.2. The van der Waals surface area contributed by atoms with Gasteiger partial charge in [-0.05, 0) is 25.1 Å². The SMILES string of the molecule is Cc1csc(NC(=O)N2CCN(Cc3ccc(-c4ccccc4F)s3)CC2)n1. The molecule has 5 nitrogen and oxygen atoms in total. The van der Waals surface area contributed by atoms with E-state index in [0.717, 1.165) is 30.2 Å². The van der Waals surface area contributed by atoms with Gasteiger partial charge in [0.15, 0.2) is 5.13 Å². The summed E-state index contributed by atoms with van der Waals surface area (Å²) in [5.41, 5.74) is 1.56. The van der Waals surface area contributed by atoms with E-state index in [-0.39, 0.29) is 11.8 Å². The monoisotopic (exact) mass is 416 g/mol. The predicted octanol–water partition coefficient (Wildman–Crippen LogP) is 4.67. The molecule has 146 valence electrons. The molecular weight excluding hydrogens is 395 g/mol. The Balaban J connectivity index is 1.30. The van der Waals surface area contributed by atoms with E-state index in [1.165, 1.54) is 22.3 Å². The summed E-state index contributed by atoms with van der Waals surface area (Å²) >= 11 is 3.06. The number of amides is 2. The number of aromatic nitrogens is 1. The molecule has 1 fully saturated rings. The van der Waals surface area contributed by atoms with Crippen molar-refractivity contribution in [2.45, 2.75) is 13.5 Å². The Morgan fingerprint density at radius 1 is 1.18 bits per heavy atom. The van der Waals surface area contributed by atoms with Gasteiger partial charge in [-0.25, -0.2) is 14.2 Å². The van der Waals surface area contributed by atoms with Crippen LogP contribution in [0.5, 0.6) is 0 Å². The van der Waals surface area contributed by atoms with Gasteiger partial charge in [0.2, 0.25) is 0 Å². The highest BCUT2D eigenvalue weighted by atomic mass is 32.1. The van der Waals surface area contributed by atoms with Crippen LogP contribution < -0.4 is 5.32 Å². The zero-order chi connectivity index (χ0) is 19.5. The number of hydrogen-bond donors (Lipinski definition) is 1. The van der Waals surface area contributed by atoms with Crippen LogP contribution in [0, 0.1) is 12.7 Å². The summed E-state index contributed by atoms with van der Waals surface area (Å²) in [6, 6.07) is 10.8. The smallest absolute Gasteiger partial charge is 0.322 e. The second-order valence-electron chi connectivity index (χ2n) is 6.73. The van der Waals surface area contributed by atoms with Gasteiger partial charge in [-0.3, -0.25) is 10.2 Å². The lowest BCUT2D eigenvalue weighted by Crippen LogP contribution is -2.49. The Labute approximate surface area is 171 Å². The highest BCUT2D eigenvalue weighted by Gasteiger charge is 2.22. The van der Waals surface area contributed by atoms with Crippen LogP contribution in [0.4, 0.5) is 14.3 Å². The van der Waals surface area contributed by atoms with Crippen LogP contribution in [0.2, 0.25) is 0 Å². The average Bonchev–Trinajstić information content (AvgIpc) is 3.31. The summed E-state index contributed by atoms with van der Waals surface area (Å²) in [4.78, 5) is 22.9. The fourth-order valence-corrected chi connectivity index (χ4v) is 4.94. The van der Waals surface area contributed by atoms with Crippen molar-refractivity contribution in [3.05, 3.63) is 58.2 Å². The number of nitrogens with zero attached hydrogens (tertiary/aromatic N) is 3. The first kappa shape index (κ1) is 19.0. The van der Waals surface area contributed by atoms with Gasteiger partial charge < -0.3 is 4.90 Å². The third-order valence-electron chi connectivity index (χ3n) is 4.67. The van der Waals surface area contributed by atoms with Crippen LogP contribution >= 0.6 is 22.7 Å². The van der Waals surface area contributed by atoms with Crippen molar-refractivity contribution in [3.63, 3.8) is 0 Å². The van der Waals surface area contributed by atoms with Crippen LogP contribution in [0.25, 0.3) is 10.4 Å². The molecular formula is C20H21FN4OS2. The van der Waals surface area contributed by atoms with Crippen LogP contribution in [-0.2, 0) is 6.54 Å². The molecule has 0 saturated carbocycles. The van der Waals surface area contributed by atoms with Crippen molar-refractivity contribution in [2.24, 2.45) is 0 Å². The van der Waals surface area contributed by atoms with Crippen molar-refractivity contribution >= 4 is 33.8 Å². The van der Waals surface area contributed by atoms with Crippen molar-refractivity contribution in [1.29, 1.82) is 0 Å². The Morgan fingerprint density at radius 2 is 1.96 bits per heavy atom. The topological polar surface area (TPSA) is 48.5 Å². The van der Waals surface area contributed by atoms with Crippen LogP contribution in [0.15, 0.2) is 41.8 Å². The maximum absolute atomic E-state index is 14.0. The number of piperazine rings is 1. The Bertz CT molecular complexity index is 963. The zero-order valence-electron chi connectivity index (χ0n) is 15.5. The van der Waals surface area contributed by atoms with Crippen molar-refractivity contribution in [2.75, 3.05) is 31.5 Å². The van der Waals surface area contributed by atoms with Gasteiger partial charge in [-0.2, -0.15) is 0 Å². The molecule has 1 saturated heterocycles. The highest BCUT2D eigenvalue weighted by Crippen LogP contribution is 2.30. The van der Waals surface area contributed by atoms with E-state index in [1.807, 2.05) is 35.4 Å². The molecule has 28 heavy (non-hydrogen) atoms. The van der Waals surface area contributed by atoms with E-state index in [1.54, 1.807) is 17.4 Å². The number of urea groups is 1. The molecule has 8 heteroatoms. The van der Waals surface area contributed by atoms with Crippen molar-refractivity contribution < 1.29 is 9.18 Å². The van der Waals surface area contributed by atoms with Gasteiger partial charge in [-0.1, -0.05) is 18.2 Å². The molecule has 1 N–H and O–H groups in total. The van der Waals surface area contributed by atoms with Gasteiger partial charge in [0.25, 0.3) is 0 Å². The second kappa shape index (κ2) is 8.38. The summed E-state index contributed by atoms with van der Waals surface area (Å²) in [7, 11) is 0. The molecule has 0 spiro atoms. The first-order chi connectivity index (χ1) is 13.6. The average molecular weight is 417 g/mol. The molecule has 0 unspecified atom stereocenters. The summed E-state index contributed by atoms with van der Waals surface area (Å²) in [6.07, 6.45) is 0. The molecule has 1 aromatic carbocycles. The number of nitrogens with one attached hydrogen (secondary N) is 1. The number of carbonyl (C=O) groups is 1. The molecule has 2 amide bonds. The fraction of sp³-hybridized carbons (Fsp3) is 0.300. The quantitative estimate of drug-likeness (QED) is 0.672. The minimum absolute atomic E-state index is 0.0908. The number of aryl methyl sites for hydroxylation is 1. The largest absolute Gasteiger partial charge is 0.323 e. The minimum atomic E-state index is -0.189. The molecule has 3 aromatic rings. The standard InChI is InChI=1S/C20H21FN4OS2/c1-14-13-27-19(22-14)23-20(26)25-10-8-24(9-11-25)12-15-6-7-18(28-15)16-4-2-3-5-17(16)21/h2-7,13H,8-12H2,1H3,(H,22,23,26). The maximum Gasteiger partial charge on any atom is 0.323 e. The molecule has 1 aliphatic rings. The van der Waals surface area contributed by atoms with E-state index in [2.05, 4.69) is 21.3 Å². The summed E-state index contributed by atoms with van der Waals surface area (Å²) in [5.74, 6) is -0.189. The molecule has 4 rings (SSSR count). The lowest BCUT2D eigenvalue weighted by Gasteiger charge is -2.34. The molecule has 0 atom stereocenters. The third-order valence-corrected chi connectivity index (χ3v) is 6.65. The van der Waals surface area contributed by atoms with E-state index in [0.29, 0.717) is 23.8 Å². The molecule has 2 aromatic heterocycles. The number of hydrogen-bond acceptors (Lipinski definition) is 5. The molecule has 1 aliphatic heterocycles. The molecule has 0 aliphatic carbocycles. The molecule has 0 radical (unpaired) electrons. The number of carbonyl (C=O) groups excluding carboxylic acids is 1. The minimum Gasteiger partial charge on any atom is -0.322 e. The number of thiazole rings is 1. The van der Waals surface area contributed by atoms with Gasteiger partial charge in [0, 0.05) is 53.4 Å². The Morgan fingerprint density at radius 3 is 2.68 bits per heavy atom. The summed E-state index contributed by atoms with van der Waals surface area (Å²) < 4.78 is 14.0. The van der Waals surface area contributed by atoms with Crippen LogP contribution in [0.3, 0.4) is 0 Å². The van der Waals surface area contributed by atoms with Gasteiger partial charge in [-0.15, -0.1) is 22.7 Å². The van der Waals surface area contributed by atoms with Gasteiger partial charge in [0.1, 0.15) is 5.82 Å². The summed E-state index contributed by atoms with van der Waals surface area (Å²) in [6.45, 7) is 5.73. The first-order valence-electron chi connectivity index (χ1n) is 9.12. The maximum atomic E-state index is 14.0. The number of halogens is 1. The van der Waals surface area contributed by atoms with Crippen LogP contribution in [0.1, 0.15) is 10.6 Å². The zero-order valence-corrected chi connectivity index (χ0v) is 17.2. The van der Waals surface area contributed by atoms with Crippen LogP contribution in [-0.4, -0.2) is 47.0 Å². The van der Waals surface area contributed by atoms with E-state index in [9.17, 15) is 9.18 Å². The van der Waals surface area contributed by atoms with Gasteiger partial charge >= 0.3 is 6.03 Å². The highest BCUT2D eigenvalue weighted by molar-refractivity contribution is 7.15. The lowest BCUT2D eigenvalue weighted by molar-refractivity contribution is 0.143. The molecule has 0 bridgehead atoms. The van der Waals surface area contributed by atoms with Crippen molar-refractivity contribution in [1.82, 2.24) is 14.8 Å². The van der Waals surface area contributed by atoms with Crippen molar-refractivity contribution in [3.8, 4) is 10.4 Å². The van der Waals surface area contributed by atoms with Gasteiger partial charge in [0.05, 0.1) is 5.69 Å². The molecule has 3 heterocycles.